The van der Waals surface area contributed by atoms with Crippen LogP contribution in [0.1, 0.15) is 43.8 Å². The van der Waals surface area contributed by atoms with E-state index in [1.165, 1.54) is 5.57 Å². The molecule has 0 saturated heterocycles. The van der Waals surface area contributed by atoms with Crippen LogP contribution in [0.15, 0.2) is 35.9 Å². The Hall–Kier alpha value is -1.40. The van der Waals surface area contributed by atoms with Gasteiger partial charge in [0.25, 0.3) is 0 Å². The molecule has 3 rings (SSSR count). The Balaban J connectivity index is 2.08. The Labute approximate surface area is 149 Å². The van der Waals surface area contributed by atoms with Gasteiger partial charge in [-0.15, -0.1) is 0 Å². The van der Waals surface area contributed by atoms with Crippen molar-refractivity contribution in [3.8, 4) is 5.75 Å². The van der Waals surface area contributed by atoms with Crippen LogP contribution in [-0.2, 0) is 9.47 Å². The van der Waals surface area contributed by atoms with Crippen LogP contribution in [0.2, 0.25) is 0 Å². The second-order valence-electron chi connectivity index (χ2n) is 7.01. The van der Waals surface area contributed by atoms with E-state index in [0.29, 0.717) is 6.42 Å². The molecule has 0 bridgehead atoms. The molecule has 5 heteroatoms. The third-order valence-corrected chi connectivity index (χ3v) is 5.57. The SMILES string of the molecule is COCO[C@@H](c1ccccc1OC)[C@@]12CCCCC1=CC(O)C(O)C2. The van der Waals surface area contributed by atoms with E-state index < -0.39 is 12.2 Å². The molecule has 0 aromatic heterocycles. The Kier molecular flexibility index (Phi) is 5.79. The standard InChI is InChI=1S/C20H28O5/c1-23-13-25-19(15-8-3-4-9-18(15)24-2)20-10-6-5-7-14(20)11-16(21)17(22)12-20/h3-4,8-9,11,16-17,19,21-22H,5-7,10,12-13H2,1-2H3/t16?,17?,19-,20+/m0/s1. The largest absolute Gasteiger partial charge is 0.496 e. The van der Waals surface area contributed by atoms with Crippen LogP contribution in [0.3, 0.4) is 0 Å². The predicted octanol–water partition coefficient (Wildman–Crippen LogP) is 2.97. The summed E-state index contributed by atoms with van der Waals surface area (Å²) in [5.74, 6) is 0.767. The van der Waals surface area contributed by atoms with Crippen molar-refractivity contribution in [3.05, 3.63) is 41.5 Å². The number of ether oxygens (including phenoxy) is 3. The molecule has 0 heterocycles. The van der Waals surface area contributed by atoms with Crippen LogP contribution in [0.4, 0.5) is 0 Å². The third-order valence-electron chi connectivity index (χ3n) is 5.57. The topological polar surface area (TPSA) is 68.2 Å². The van der Waals surface area contributed by atoms with E-state index in [1.54, 1.807) is 14.2 Å². The van der Waals surface area contributed by atoms with Crippen LogP contribution in [0.5, 0.6) is 5.75 Å². The lowest BCUT2D eigenvalue weighted by atomic mass is 9.59. The summed E-state index contributed by atoms with van der Waals surface area (Å²) in [4.78, 5) is 0. The van der Waals surface area contributed by atoms with Crippen LogP contribution in [0, 0.1) is 5.41 Å². The van der Waals surface area contributed by atoms with E-state index >= 15 is 0 Å². The van der Waals surface area contributed by atoms with Crippen molar-refractivity contribution in [3.63, 3.8) is 0 Å². The van der Waals surface area contributed by atoms with Crippen LogP contribution in [-0.4, -0.2) is 43.4 Å². The summed E-state index contributed by atoms with van der Waals surface area (Å²) in [7, 11) is 3.26. The van der Waals surface area contributed by atoms with E-state index in [1.807, 2.05) is 30.3 Å². The molecule has 0 aliphatic heterocycles. The maximum Gasteiger partial charge on any atom is 0.147 e. The van der Waals surface area contributed by atoms with Crippen molar-refractivity contribution in [2.24, 2.45) is 5.41 Å². The van der Waals surface area contributed by atoms with Crippen LogP contribution in [0.25, 0.3) is 0 Å². The zero-order valence-corrected chi connectivity index (χ0v) is 15.0. The lowest BCUT2D eigenvalue weighted by Crippen LogP contribution is -2.45. The number of fused-ring (bicyclic) bond motifs is 1. The number of methoxy groups -OCH3 is 2. The number of aliphatic hydroxyl groups excluding tert-OH is 2. The molecule has 2 N–H and O–H groups in total. The molecule has 1 saturated carbocycles. The first kappa shape index (κ1) is 18.4. The summed E-state index contributed by atoms with van der Waals surface area (Å²) >= 11 is 0. The first-order valence-electron chi connectivity index (χ1n) is 8.93. The molecular weight excluding hydrogens is 320 g/mol. The average Bonchev–Trinajstić information content (AvgIpc) is 2.63. The van der Waals surface area contributed by atoms with Gasteiger partial charge in [0.15, 0.2) is 0 Å². The smallest absolute Gasteiger partial charge is 0.147 e. The first-order valence-corrected chi connectivity index (χ1v) is 8.93. The van der Waals surface area contributed by atoms with Gasteiger partial charge in [-0.3, -0.25) is 0 Å². The highest BCUT2D eigenvalue weighted by molar-refractivity contribution is 5.40. The molecule has 2 unspecified atom stereocenters. The Morgan fingerprint density at radius 2 is 2.00 bits per heavy atom. The summed E-state index contributed by atoms with van der Waals surface area (Å²) in [5, 5.41) is 20.6. The number of benzene rings is 1. The third kappa shape index (κ3) is 3.47. The van der Waals surface area contributed by atoms with Gasteiger partial charge in [-0.1, -0.05) is 36.3 Å². The maximum atomic E-state index is 10.4. The fourth-order valence-electron chi connectivity index (χ4n) is 4.43. The molecule has 25 heavy (non-hydrogen) atoms. The van der Waals surface area contributed by atoms with E-state index in [-0.39, 0.29) is 18.3 Å². The maximum absolute atomic E-state index is 10.4. The van der Waals surface area contributed by atoms with E-state index in [4.69, 9.17) is 14.2 Å². The zero-order valence-electron chi connectivity index (χ0n) is 15.0. The van der Waals surface area contributed by atoms with Gasteiger partial charge < -0.3 is 24.4 Å². The van der Waals surface area contributed by atoms with Gasteiger partial charge in [0.05, 0.1) is 25.4 Å². The molecule has 2 aliphatic carbocycles. The summed E-state index contributed by atoms with van der Waals surface area (Å²) in [5.41, 5.74) is 1.80. The Morgan fingerprint density at radius 3 is 2.76 bits per heavy atom. The molecule has 2 aliphatic rings. The summed E-state index contributed by atoms with van der Waals surface area (Å²) in [6, 6.07) is 7.84. The normalized spacial score (nSPS) is 30.3. The Morgan fingerprint density at radius 1 is 1.20 bits per heavy atom. The number of hydrogen-bond donors (Lipinski definition) is 2. The highest BCUT2D eigenvalue weighted by Crippen LogP contribution is 2.57. The number of hydrogen-bond acceptors (Lipinski definition) is 5. The molecule has 0 spiro atoms. The van der Waals surface area contributed by atoms with Crippen molar-refractivity contribution in [1.82, 2.24) is 0 Å². The van der Waals surface area contributed by atoms with Crippen molar-refractivity contribution < 1.29 is 24.4 Å². The van der Waals surface area contributed by atoms with Gasteiger partial charge in [-0.25, -0.2) is 0 Å². The lowest BCUT2D eigenvalue weighted by molar-refractivity contribution is -0.135. The minimum atomic E-state index is -0.804. The molecule has 138 valence electrons. The average molecular weight is 348 g/mol. The van der Waals surface area contributed by atoms with E-state index in [9.17, 15) is 10.2 Å². The van der Waals surface area contributed by atoms with Crippen molar-refractivity contribution >= 4 is 0 Å². The predicted molar refractivity (Wildman–Crippen MR) is 94.3 cm³/mol. The van der Waals surface area contributed by atoms with Gasteiger partial charge in [-0.2, -0.15) is 0 Å². The molecule has 1 aromatic carbocycles. The van der Waals surface area contributed by atoms with Gasteiger partial charge >= 0.3 is 0 Å². The van der Waals surface area contributed by atoms with Gasteiger partial charge in [-0.05, 0) is 31.7 Å². The number of rotatable bonds is 6. The zero-order chi connectivity index (χ0) is 17.9. The van der Waals surface area contributed by atoms with Gasteiger partial charge in [0.2, 0.25) is 0 Å². The lowest BCUT2D eigenvalue weighted by Gasteiger charge is -2.49. The summed E-state index contributed by atoms with van der Waals surface area (Å²) in [6.07, 6.45) is 4.44. The molecule has 0 radical (unpaired) electrons. The highest BCUT2D eigenvalue weighted by Gasteiger charge is 2.50. The summed E-state index contributed by atoms with van der Waals surface area (Å²) < 4.78 is 16.9. The molecular formula is C20H28O5. The first-order chi connectivity index (χ1) is 12.1. The molecule has 0 amide bonds. The fourth-order valence-corrected chi connectivity index (χ4v) is 4.43. The highest BCUT2D eigenvalue weighted by atomic mass is 16.7. The number of para-hydroxylation sites is 1. The number of aliphatic hydroxyl groups is 2. The fraction of sp³-hybridized carbons (Fsp3) is 0.600. The van der Waals surface area contributed by atoms with Gasteiger partial charge in [0.1, 0.15) is 12.5 Å². The van der Waals surface area contributed by atoms with Crippen LogP contribution >= 0.6 is 0 Å². The van der Waals surface area contributed by atoms with E-state index in [2.05, 4.69) is 0 Å². The van der Waals surface area contributed by atoms with Crippen molar-refractivity contribution in [1.29, 1.82) is 0 Å². The van der Waals surface area contributed by atoms with Crippen molar-refractivity contribution in [2.45, 2.75) is 50.4 Å². The van der Waals surface area contributed by atoms with E-state index in [0.717, 1.165) is 37.0 Å². The molecule has 1 fully saturated rings. The minimum Gasteiger partial charge on any atom is -0.496 e. The molecule has 4 atom stereocenters. The quantitative estimate of drug-likeness (QED) is 0.611. The van der Waals surface area contributed by atoms with Gasteiger partial charge in [0, 0.05) is 18.1 Å². The molecule has 1 aromatic rings. The minimum absolute atomic E-state index is 0.163. The monoisotopic (exact) mass is 348 g/mol. The second-order valence-corrected chi connectivity index (χ2v) is 7.01. The molecule has 5 nitrogen and oxygen atoms in total. The Bertz CT molecular complexity index is 614. The second kappa shape index (κ2) is 7.87. The van der Waals surface area contributed by atoms with Crippen molar-refractivity contribution in [2.75, 3.05) is 21.0 Å². The van der Waals surface area contributed by atoms with Crippen LogP contribution < -0.4 is 4.74 Å². The summed E-state index contributed by atoms with van der Waals surface area (Å²) in [6.45, 7) is 0.163.